The maximum absolute atomic E-state index is 2.29. The minimum Gasteiger partial charge on any atom is -0.0841 e. The van der Waals surface area contributed by atoms with Gasteiger partial charge in [0.1, 0.15) is 0 Å². The summed E-state index contributed by atoms with van der Waals surface area (Å²) in [4.78, 5) is 0. The number of benzene rings is 2. The van der Waals surface area contributed by atoms with Gasteiger partial charge in [-0.2, -0.15) is 0 Å². The summed E-state index contributed by atoms with van der Waals surface area (Å²) in [7, 11) is 0. The molecule has 0 spiro atoms. The van der Waals surface area contributed by atoms with Gasteiger partial charge in [-0.05, 0) is 54.2 Å². The van der Waals surface area contributed by atoms with Gasteiger partial charge in [0, 0.05) is 0 Å². The van der Waals surface area contributed by atoms with Crippen molar-refractivity contribution in [3.8, 4) is 0 Å². The first kappa shape index (κ1) is 14.3. The van der Waals surface area contributed by atoms with E-state index < -0.39 is 0 Å². The molecule has 2 aromatic carbocycles. The van der Waals surface area contributed by atoms with Crippen molar-refractivity contribution in [3.05, 3.63) is 76.9 Å². The minimum atomic E-state index is 1.07. The molecular formula is C20H22. The van der Waals surface area contributed by atoms with Crippen molar-refractivity contribution >= 4 is 17.7 Å². The highest BCUT2D eigenvalue weighted by Gasteiger charge is 2.02. The third-order valence-corrected chi connectivity index (χ3v) is 3.64. The normalized spacial score (nSPS) is 12.1. The van der Waals surface area contributed by atoms with Crippen molar-refractivity contribution in [2.75, 3.05) is 0 Å². The Morgan fingerprint density at radius 1 is 0.950 bits per heavy atom. The molecule has 0 aliphatic carbocycles. The summed E-state index contributed by atoms with van der Waals surface area (Å²) in [6.07, 6.45) is 7.60. The summed E-state index contributed by atoms with van der Waals surface area (Å²) in [5, 5.41) is 0. The monoisotopic (exact) mass is 262 g/mol. The van der Waals surface area contributed by atoms with Gasteiger partial charge in [-0.15, -0.1) is 0 Å². The van der Waals surface area contributed by atoms with Gasteiger partial charge in [-0.3, -0.25) is 0 Å². The summed E-state index contributed by atoms with van der Waals surface area (Å²) in [5.74, 6) is 0. The second-order valence-electron chi connectivity index (χ2n) is 4.99. The van der Waals surface area contributed by atoms with Crippen LogP contribution in [0.15, 0.2) is 54.6 Å². The molecule has 0 unspecified atom stereocenters. The molecular weight excluding hydrogens is 240 g/mol. The van der Waals surface area contributed by atoms with E-state index in [0.29, 0.717) is 0 Å². The predicted octanol–water partition coefficient (Wildman–Crippen LogP) is 5.84. The maximum atomic E-state index is 2.29. The van der Waals surface area contributed by atoms with Crippen LogP contribution in [0.4, 0.5) is 0 Å². The molecule has 0 aliphatic rings. The van der Waals surface area contributed by atoms with Crippen LogP contribution in [-0.2, 0) is 6.42 Å². The van der Waals surface area contributed by atoms with Gasteiger partial charge in [0.25, 0.3) is 0 Å². The number of hydrogen-bond acceptors (Lipinski definition) is 0. The van der Waals surface area contributed by atoms with Crippen molar-refractivity contribution in [1.29, 1.82) is 0 Å². The summed E-state index contributed by atoms with van der Waals surface area (Å²) in [5.41, 5.74) is 6.61. The Morgan fingerprint density at radius 3 is 2.30 bits per heavy atom. The standard InChI is InChI=1S/C20H22/c1-4-16(3)20-15-18(13-14-19(20)5-2)12-11-17-9-7-6-8-10-17/h4,6-15H,5H2,1-3H3/b12-11+,16-4-. The van der Waals surface area contributed by atoms with E-state index in [1.165, 1.54) is 27.8 Å². The summed E-state index contributed by atoms with van der Waals surface area (Å²) in [6.45, 7) is 6.49. The van der Waals surface area contributed by atoms with Gasteiger partial charge < -0.3 is 0 Å². The molecule has 0 N–H and O–H groups in total. The zero-order valence-electron chi connectivity index (χ0n) is 12.6. The first-order valence-corrected chi connectivity index (χ1v) is 7.24. The lowest BCUT2D eigenvalue weighted by Gasteiger charge is -2.09. The molecule has 2 rings (SSSR count). The van der Waals surface area contributed by atoms with Crippen LogP contribution >= 0.6 is 0 Å². The van der Waals surface area contributed by atoms with Gasteiger partial charge in [-0.25, -0.2) is 0 Å². The van der Waals surface area contributed by atoms with Crippen LogP contribution in [0.5, 0.6) is 0 Å². The molecule has 0 aliphatic heterocycles. The largest absolute Gasteiger partial charge is 0.0841 e. The summed E-state index contributed by atoms with van der Waals surface area (Å²) in [6, 6.07) is 17.1. The number of hydrogen-bond donors (Lipinski definition) is 0. The fourth-order valence-corrected chi connectivity index (χ4v) is 2.29. The predicted molar refractivity (Wildman–Crippen MR) is 90.5 cm³/mol. The topological polar surface area (TPSA) is 0 Å². The lowest BCUT2D eigenvalue weighted by molar-refractivity contribution is 1.13. The average Bonchev–Trinajstić information content (AvgIpc) is 2.52. The second kappa shape index (κ2) is 6.91. The smallest absolute Gasteiger partial charge is 0.0193 e. The molecule has 0 heteroatoms. The first-order chi connectivity index (χ1) is 9.74. The van der Waals surface area contributed by atoms with Gasteiger partial charge >= 0.3 is 0 Å². The quantitative estimate of drug-likeness (QED) is 0.607. The highest BCUT2D eigenvalue weighted by molar-refractivity contribution is 5.74. The Kier molecular flexibility index (Phi) is 4.95. The Labute approximate surface area is 122 Å². The molecule has 0 amide bonds. The Hall–Kier alpha value is -2.08. The van der Waals surface area contributed by atoms with Crippen molar-refractivity contribution in [2.24, 2.45) is 0 Å². The lowest BCUT2D eigenvalue weighted by atomic mass is 9.96. The summed E-state index contributed by atoms with van der Waals surface area (Å²) < 4.78 is 0. The van der Waals surface area contributed by atoms with E-state index in [2.05, 4.69) is 81.5 Å². The molecule has 20 heavy (non-hydrogen) atoms. The lowest BCUT2D eigenvalue weighted by Crippen LogP contribution is -1.91. The van der Waals surface area contributed by atoms with Gasteiger partial charge in [0.2, 0.25) is 0 Å². The molecule has 102 valence electrons. The third-order valence-electron chi connectivity index (χ3n) is 3.64. The van der Waals surface area contributed by atoms with E-state index in [1.807, 2.05) is 6.07 Å². The van der Waals surface area contributed by atoms with E-state index in [4.69, 9.17) is 0 Å². The minimum absolute atomic E-state index is 1.07. The molecule has 0 aromatic heterocycles. The fraction of sp³-hybridized carbons (Fsp3) is 0.200. The van der Waals surface area contributed by atoms with Crippen LogP contribution in [0.25, 0.3) is 17.7 Å². The molecule has 0 saturated carbocycles. The second-order valence-corrected chi connectivity index (χ2v) is 4.99. The fourth-order valence-electron chi connectivity index (χ4n) is 2.29. The highest BCUT2D eigenvalue weighted by Crippen LogP contribution is 2.22. The van der Waals surface area contributed by atoms with Crippen molar-refractivity contribution in [3.63, 3.8) is 0 Å². The van der Waals surface area contributed by atoms with Crippen molar-refractivity contribution in [2.45, 2.75) is 27.2 Å². The van der Waals surface area contributed by atoms with Gasteiger partial charge in [0.15, 0.2) is 0 Å². The van der Waals surface area contributed by atoms with Crippen LogP contribution in [0, 0.1) is 0 Å². The van der Waals surface area contributed by atoms with Crippen LogP contribution in [-0.4, -0.2) is 0 Å². The zero-order valence-corrected chi connectivity index (χ0v) is 12.6. The van der Waals surface area contributed by atoms with Gasteiger partial charge in [-0.1, -0.05) is 67.6 Å². The van der Waals surface area contributed by atoms with Crippen LogP contribution < -0.4 is 0 Å². The SMILES string of the molecule is C/C=C(/C)c1cc(/C=C/c2ccccc2)ccc1CC. The van der Waals surface area contributed by atoms with Crippen LogP contribution in [0.3, 0.4) is 0 Å². The number of allylic oxidation sites excluding steroid dienone is 2. The van der Waals surface area contributed by atoms with Crippen molar-refractivity contribution in [1.82, 2.24) is 0 Å². The van der Waals surface area contributed by atoms with Crippen molar-refractivity contribution < 1.29 is 0 Å². The van der Waals surface area contributed by atoms with E-state index in [0.717, 1.165) is 6.42 Å². The molecule has 0 radical (unpaired) electrons. The molecule has 0 bridgehead atoms. The molecule has 0 heterocycles. The summed E-state index contributed by atoms with van der Waals surface area (Å²) >= 11 is 0. The molecule has 0 atom stereocenters. The Morgan fingerprint density at radius 2 is 1.65 bits per heavy atom. The average molecular weight is 262 g/mol. The maximum Gasteiger partial charge on any atom is -0.0193 e. The number of rotatable bonds is 4. The molecule has 0 nitrogen and oxygen atoms in total. The van der Waals surface area contributed by atoms with E-state index in [9.17, 15) is 0 Å². The molecule has 0 saturated heterocycles. The Balaban J connectivity index is 2.32. The first-order valence-electron chi connectivity index (χ1n) is 7.24. The van der Waals surface area contributed by atoms with Crippen LogP contribution in [0.1, 0.15) is 43.0 Å². The van der Waals surface area contributed by atoms with E-state index in [1.54, 1.807) is 0 Å². The highest BCUT2D eigenvalue weighted by atomic mass is 14.1. The Bertz CT molecular complexity index is 616. The molecule has 0 fully saturated rings. The number of aryl methyl sites for hydroxylation is 1. The third kappa shape index (κ3) is 3.48. The van der Waals surface area contributed by atoms with E-state index >= 15 is 0 Å². The molecule has 2 aromatic rings. The van der Waals surface area contributed by atoms with Crippen LogP contribution in [0.2, 0.25) is 0 Å². The van der Waals surface area contributed by atoms with Gasteiger partial charge in [0.05, 0.1) is 0 Å². The zero-order chi connectivity index (χ0) is 14.4. The van der Waals surface area contributed by atoms with E-state index in [-0.39, 0.29) is 0 Å².